The Morgan fingerprint density at radius 3 is 2.39 bits per heavy atom. The van der Waals surface area contributed by atoms with E-state index in [1.54, 1.807) is 17.3 Å². The summed E-state index contributed by atoms with van der Waals surface area (Å²) >= 11 is 0. The summed E-state index contributed by atoms with van der Waals surface area (Å²) in [5, 5.41) is 4.54. The van der Waals surface area contributed by atoms with Crippen molar-refractivity contribution >= 4 is 17.3 Å². The van der Waals surface area contributed by atoms with Crippen LogP contribution in [0.25, 0.3) is 16.6 Å². The third-order valence-corrected chi connectivity index (χ3v) is 4.78. The fourth-order valence-corrected chi connectivity index (χ4v) is 3.39. The van der Waals surface area contributed by atoms with Gasteiger partial charge in [0.05, 0.1) is 17.4 Å². The maximum atomic E-state index is 12.3. The van der Waals surface area contributed by atoms with Crippen LogP contribution in [0.2, 0.25) is 0 Å². The van der Waals surface area contributed by atoms with Crippen molar-refractivity contribution in [3.8, 4) is 11.1 Å². The van der Waals surface area contributed by atoms with Crippen LogP contribution >= 0.6 is 0 Å². The van der Waals surface area contributed by atoms with Crippen molar-refractivity contribution < 1.29 is 9.53 Å². The highest BCUT2D eigenvalue weighted by molar-refractivity contribution is 5.76. The highest BCUT2D eigenvalue weighted by atomic mass is 16.6. The highest BCUT2D eigenvalue weighted by Crippen LogP contribution is 2.26. The molecule has 7 nitrogen and oxygen atoms in total. The van der Waals surface area contributed by atoms with Crippen LogP contribution in [-0.2, 0) is 4.74 Å². The molecule has 3 aromatic heterocycles. The van der Waals surface area contributed by atoms with Gasteiger partial charge in [0.1, 0.15) is 5.60 Å². The maximum Gasteiger partial charge on any atom is 0.410 e. The van der Waals surface area contributed by atoms with Gasteiger partial charge in [0.15, 0.2) is 0 Å². The number of piperazine rings is 1. The molecule has 7 heteroatoms. The number of nitrogens with zero attached hydrogens (tertiary/aromatic N) is 5. The van der Waals surface area contributed by atoms with Gasteiger partial charge in [-0.1, -0.05) is 6.07 Å². The molecule has 146 valence electrons. The van der Waals surface area contributed by atoms with E-state index >= 15 is 0 Å². The molecule has 0 bridgehead atoms. The summed E-state index contributed by atoms with van der Waals surface area (Å²) in [6, 6.07) is 8.17. The Bertz CT molecular complexity index is 969. The summed E-state index contributed by atoms with van der Waals surface area (Å²) in [7, 11) is 0. The average molecular weight is 379 g/mol. The number of aromatic nitrogens is 3. The molecule has 28 heavy (non-hydrogen) atoms. The third-order valence-electron chi connectivity index (χ3n) is 4.78. The third kappa shape index (κ3) is 3.78. The first kappa shape index (κ1) is 18.3. The van der Waals surface area contributed by atoms with Crippen molar-refractivity contribution in [2.24, 2.45) is 0 Å². The second-order valence-electron chi connectivity index (χ2n) is 7.97. The SMILES string of the molecule is CC(C)(C)OC(=O)N1CCN(c2cnn3cc(-c4ccncc4)ccc23)CC1. The first-order valence-electron chi connectivity index (χ1n) is 9.51. The fraction of sp³-hybridized carbons (Fsp3) is 0.381. The van der Waals surface area contributed by atoms with E-state index in [9.17, 15) is 4.79 Å². The lowest BCUT2D eigenvalue weighted by Crippen LogP contribution is -2.50. The number of hydrogen-bond acceptors (Lipinski definition) is 5. The van der Waals surface area contributed by atoms with Crippen LogP contribution in [0.15, 0.2) is 49.1 Å². The highest BCUT2D eigenvalue weighted by Gasteiger charge is 2.26. The number of carbonyl (C=O) groups is 1. The molecule has 0 aromatic carbocycles. The van der Waals surface area contributed by atoms with Gasteiger partial charge in [-0.2, -0.15) is 5.10 Å². The molecule has 0 N–H and O–H groups in total. The number of hydrogen-bond donors (Lipinski definition) is 0. The first-order chi connectivity index (χ1) is 13.4. The zero-order valence-corrected chi connectivity index (χ0v) is 16.5. The molecule has 1 aliphatic rings. The Morgan fingerprint density at radius 2 is 1.71 bits per heavy atom. The minimum Gasteiger partial charge on any atom is -0.444 e. The van der Waals surface area contributed by atoms with Crippen molar-refractivity contribution in [1.82, 2.24) is 19.5 Å². The molecule has 1 fully saturated rings. The molecule has 0 atom stereocenters. The van der Waals surface area contributed by atoms with Gasteiger partial charge in [-0.05, 0) is 44.5 Å². The maximum absolute atomic E-state index is 12.3. The van der Waals surface area contributed by atoms with Crippen LogP contribution < -0.4 is 4.90 Å². The van der Waals surface area contributed by atoms with Crippen LogP contribution in [0.1, 0.15) is 20.8 Å². The molecular weight excluding hydrogens is 354 g/mol. The topological polar surface area (TPSA) is 63.0 Å². The molecule has 0 radical (unpaired) electrons. The largest absolute Gasteiger partial charge is 0.444 e. The van der Waals surface area contributed by atoms with Gasteiger partial charge >= 0.3 is 6.09 Å². The number of rotatable bonds is 2. The van der Waals surface area contributed by atoms with E-state index < -0.39 is 5.60 Å². The van der Waals surface area contributed by atoms with Crippen molar-refractivity contribution in [2.75, 3.05) is 31.1 Å². The predicted molar refractivity (Wildman–Crippen MR) is 108 cm³/mol. The van der Waals surface area contributed by atoms with Gasteiger partial charge < -0.3 is 14.5 Å². The van der Waals surface area contributed by atoms with E-state index in [4.69, 9.17) is 4.74 Å². The van der Waals surface area contributed by atoms with Gasteiger partial charge in [0, 0.05) is 50.3 Å². The van der Waals surface area contributed by atoms with Crippen molar-refractivity contribution in [2.45, 2.75) is 26.4 Å². The Morgan fingerprint density at radius 1 is 1.00 bits per heavy atom. The molecule has 0 saturated carbocycles. The van der Waals surface area contributed by atoms with Gasteiger partial charge in [-0.25, -0.2) is 9.31 Å². The predicted octanol–water partition coefficient (Wildman–Crippen LogP) is 3.45. The Hall–Kier alpha value is -3.09. The molecular formula is C21H25N5O2. The van der Waals surface area contributed by atoms with E-state index in [1.165, 1.54) is 0 Å². The van der Waals surface area contributed by atoms with Crippen LogP contribution in [0, 0.1) is 0 Å². The minimum atomic E-state index is -0.469. The quantitative estimate of drug-likeness (QED) is 0.682. The number of anilines is 1. The normalized spacial score (nSPS) is 15.1. The molecule has 0 spiro atoms. The summed E-state index contributed by atoms with van der Waals surface area (Å²) in [4.78, 5) is 20.4. The average Bonchev–Trinajstić information content (AvgIpc) is 3.11. The molecule has 0 unspecified atom stereocenters. The molecule has 1 saturated heterocycles. The molecule has 1 amide bonds. The van der Waals surface area contributed by atoms with Gasteiger partial charge in [-0.3, -0.25) is 4.98 Å². The fourth-order valence-electron chi connectivity index (χ4n) is 3.39. The van der Waals surface area contributed by atoms with Crippen LogP contribution in [-0.4, -0.2) is 57.4 Å². The Kier molecular flexibility index (Phi) is 4.66. The Balaban J connectivity index is 1.48. The zero-order chi connectivity index (χ0) is 19.7. The number of ether oxygens (including phenoxy) is 1. The van der Waals surface area contributed by atoms with Crippen LogP contribution in [0.4, 0.5) is 10.5 Å². The van der Waals surface area contributed by atoms with E-state index in [-0.39, 0.29) is 6.09 Å². The van der Waals surface area contributed by atoms with Crippen LogP contribution in [0.5, 0.6) is 0 Å². The number of carbonyl (C=O) groups excluding carboxylic acids is 1. The molecule has 1 aliphatic heterocycles. The van der Waals surface area contributed by atoms with Gasteiger partial charge in [0.25, 0.3) is 0 Å². The monoisotopic (exact) mass is 379 g/mol. The molecule has 0 aliphatic carbocycles. The molecule has 4 heterocycles. The number of amides is 1. The lowest BCUT2D eigenvalue weighted by molar-refractivity contribution is 0.0241. The summed E-state index contributed by atoms with van der Waals surface area (Å²) in [5.41, 5.74) is 3.89. The van der Waals surface area contributed by atoms with E-state index in [2.05, 4.69) is 27.1 Å². The molecule has 4 rings (SSSR count). The van der Waals surface area contributed by atoms with E-state index in [1.807, 2.05) is 49.8 Å². The standard InChI is InChI=1S/C21H25N5O2/c1-21(2,3)28-20(27)25-12-10-24(11-13-25)19-14-23-26-15-17(4-5-18(19)26)16-6-8-22-9-7-16/h4-9,14-15H,10-13H2,1-3H3. The summed E-state index contributed by atoms with van der Waals surface area (Å²) < 4.78 is 7.38. The van der Waals surface area contributed by atoms with E-state index in [0.29, 0.717) is 13.1 Å². The number of pyridine rings is 2. The summed E-state index contributed by atoms with van der Waals surface area (Å²) in [6.07, 6.45) is 7.27. The van der Waals surface area contributed by atoms with Crippen molar-refractivity contribution in [3.05, 3.63) is 49.1 Å². The van der Waals surface area contributed by atoms with Gasteiger partial charge in [-0.15, -0.1) is 0 Å². The second-order valence-corrected chi connectivity index (χ2v) is 7.97. The minimum absolute atomic E-state index is 0.242. The van der Waals surface area contributed by atoms with Crippen molar-refractivity contribution in [3.63, 3.8) is 0 Å². The number of fused-ring (bicyclic) bond motifs is 1. The zero-order valence-electron chi connectivity index (χ0n) is 16.5. The summed E-state index contributed by atoms with van der Waals surface area (Å²) in [6.45, 7) is 8.46. The van der Waals surface area contributed by atoms with E-state index in [0.717, 1.165) is 35.4 Å². The van der Waals surface area contributed by atoms with Crippen LogP contribution in [0.3, 0.4) is 0 Å². The Labute approximate surface area is 164 Å². The molecule has 3 aromatic rings. The van der Waals surface area contributed by atoms with Gasteiger partial charge in [0.2, 0.25) is 0 Å². The second kappa shape index (κ2) is 7.14. The lowest BCUT2D eigenvalue weighted by Gasteiger charge is -2.36. The smallest absolute Gasteiger partial charge is 0.410 e. The lowest BCUT2D eigenvalue weighted by atomic mass is 10.1. The van der Waals surface area contributed by atoms with Crippen molar-refractivity contribution in [1.29, 1.82) is 0 Å². The first-order valence-corrected chi connectivity index (χ1v) is 9.51. The summed E-state index contributed by atoms with van der Waals surface area (Å²) in [5.74, 6) is 0.